The third-order valence-electron chi connectivity index (χ3n) is 3.01. The first-order valence-electron chi connectivity index (χ1n) is 6.55. The highest BCUT2D eigenvalue weighted by atomic mass is 16.5. The largest absolute Gasteiger partial charge is 0.465 e. The van der Waals surface area contributed by atoms with E-state index in [1.807, 2.05) is 20.9 Å². The number of ether oxygens (including phenoxy) is 1. The molecule has 0 saturated heterocycles. The third-order valence-corrected chi connectivity index (χ3v) is 3.01. The van der Waals surface area contributed by atoms with Gasteiger partial charge in [-0.2, -0.15) is 0 Å². The molecule has 0 bridgehead atoms. The van der Waals surface area contributed by atoms with Crippen molar-refractivity contribution in [2.75, 3.05) is 54.4 Å². The Morgan fingerprint density at radius 1 is 1.28 bits per heavy atom. The van der Waals surface area contributed by atoms with Crippen molar-refractivity contribution >= 4 is 5.97 Å². The quantitative estimate of drug-likeness (QED) is 0.608. The van der Waals surface area contributed by atoms with E-state index in [2.05, 4.69) is 29.2 Å². The molecule has 0 amide bonds. The van der Waals surface area contributed by atoms with Crippen molar-refractivity contribution in [3.05, 3.63) is 0 Å². The summed E-state index contributed by atoms with van der Waals surface area (Å²) < 4.78 is 5.11. The average Bonchev–Trinajstić information content (AvgIpc) is 2.28. The maximum Gasteiger partial charge on any atom is 0.327 e. The minimum Gasteiger partial charge on any atom is -0.465 e. The normalized spacial score (nSPS) is 14.9. The van der Waals surface area contributed by atoms with E-state index in [0.29, 0.717) is 13.2 Å². The van der Waals surface area contributed by atoms with E-state index < -0.39 is 5.54 Å². The molecular formula is C13H29N3O2. The average molecular weight is 259 g/mol. The van der Waals surface area contributed by atoms with Gasteiger partial charge in [-0.25, -0.2) is 0 Å². The van der Waals surface area contributed by atoms with Crippen LogP contribution in [0.4, 0.5) is 0 Å². The predicted molar refractivity (Wildman–Crippen MR) is 74.8 cm³/mol. The molecule has 0 aliphatic rings. The molecule has 18 heavy (non-hydrogen) atoms. The van der Waals surface area contributed by atoms with Crippen LogP contribution in [0.25, 0.3) is 0 Å². The zero-order chi connectivity index (χ0) is 14.2. The van der Waals surface area contributed by atoms with Gasteiger partial charge in [0.1, 0.15) is 5.54 Å². The Balaban J connectivity index is 4.21. The van der Waals surface area contributed by atoms with E-state index in [0.717, 1.165) is 19.5 Å². The summed E-state index contributed by atoms with van der Waals surface area (Å²) in [5, 5.41) is 3.07. The SMILES string of the molecule is CCOC(=O)C(C)(CN(C)CCCN(C)C)NC. The van der Waals surface area contributed by atoms with Crippen LogP contribution < -0.4 is 5.32 Å². The Hall–Kier alpha value is -0.650. The topological polar surface area (TPSA) is 44.8 Å². The van der Waals surface area contributed by atoms with Gasteiger partial charge in [0.2, 0.25) is 0 Å². The Bertz CT molecular complexity index is 246. The fourth-order valence-electron chi connectivity index (χ4n) is 1.81. The Morgan fingerprint density at radius 3 is 2.33 bits per heavy atom. The molecule has 108 valence electrons. The monoisotopic (exact) mass is 259 g/mol. The van der Waals surface area contributed by atoms with Crippen molar-refractivity contribution in [3.8, 4) is 0 Å². The summed E-state index contributed by atoms with van der Waals surface area (Å²) in [7, 11) is 7.96. The van der Waals surface area contributed by atoms with Gasteiger partial charge < -0.3 is 19.9 Å². The molecule has 5 nitrogen and oxygen atoms in total. The van der Waals surface area contributed by atoms with Gasteiger partial charge >= 0.3 is 5.97 Å². The van der Waals surface area contributed by atoms with Gasteiger partial charge in [-0.05, 0) is 61.5 Å². The molecule has 1 atom stereocenters. The zero-order valence-electron chi connectivity index (χ0n) is 12.7. The summed E-state index contributed by atoms with van der Waals surface area (Å²) >= 11 is 0. The van der Waals surface area contributed by atoms with Crippen molar-refractivity contribution in [2.24, 2.45) is 0 Å². The first-order chi connectivity index (χ1) is 8.35. The lowest BCUT2D eigenvalue weighted by atomic mass is 10.0. The summed E-state index contributed by atoms with van der Waals surface area (Å²) in [6, 6.07) is 0. The minimum absolute atomic E-state index is 0.188. The number of carbonyl (C=O) groups excluding carboxylic acids is 1. The molecule has 0 radical (unpaired) electrons. The van der Waals surface area contributed by atoms with Crippen LogP contribution in [0.2, 0.25) is 0 Å². The Kier molecular flexibility index (Phi) is 8.15. The number of hydrogen-bond acceptors (Lipinski definition) is 5. The minimum atomic E-state index is -0.636. The molecule has 0 aromatic carbocycles. The van der Waals surface area contributed by atoms with Crippen molar-refractivity contribution < 1.29 is 9.53 Å². The number of carbonyl (C=O) groups is 1. The molecule has 0 aromatic heterocycles. The van der Waals surface area contributed by atoms with Crippen molar-refractivity contribution in [1.82, 2.24) is 15.1 Å². The first-order valence-corrected chi connectivity index (χ1v) is 6.55. The maximum atomic E-state index is 11.9. The Labute approximate surface area is 111 Å². The van der Waals surface area contributed by atoms with E-state index in [1.54, 1.807) is 7.05 Å². The summed E-state index contributed by atoms with van der Waals surface area (Å²) in [4.78, 5) is 16.2. The summed E-state index contributed by atoms with van der Waals surface area (Å²) in [6.07, 6.45) is 1.09. The van der Waals surface area contributed by atoms with Gasteiger partial charge in [0, 0.05) is 6.54 Å². The number of rotatable bonds is 9. The van der Waals surface area contributed by atoms with E-state index in [-0.39, 0.29) is 5.97 Å². The van der Waals surface area contributed by atoms with Crippen LogP contribution in [0.5, 0.6) is 0 Å². The van der Waals surface area contributed by atoms with Gasteiger partial charge in [-0.3, -0.25) is 4.79 Å². The first kappa shape index (κ1) is 17.4. The summed E-state index contributed by atoms with van der Waals surface area (Å²) in [5.41, 5.74) is -0.636. The molecule has 0 aromatic rings. The molecule has 0 aliphatic carbocycles. The summed E-state index contributed by atoms with van der Waals surface area (Å²) in [6.45, 7) is 6.80. The molecule has 0 spiro atoms. The molecule has 1 unspecified atom stereocenters. The van der Waals surface area contributed by atoms with Crippen LogP contribution in [0.3, 0.4) is 0 Å². The molecule has 0 fully saturated rings. The van der Waals surface area contributed by atoms with Gasteiger partial charge in [0.25, 0.3) is 0 Å². The lowest BCUT2D eigenvalue weighted by Gasteiger charge is -2.31. The molecule has 1 N–H and O–H groups in total. The summed E-state index contributed by atoms with van der Waals surface area (Å²) in [5.74, 6) is -0.188. The smallest absolute Gasteiger partial charge is 0.327 e. The van der Waals surface area contributed by atoms with E-state index in [1.165, 1.54) is 0 Å². The van der Waals surface area contributed by atoms with Crippen LogP contribution in [0.15, 0.2) is 0 Å². The molecule has 0 aliphatic heterocycles. The second-order valence-corrected chi connectivity index (χ2v) is 5.20. The molecule has 0 rings (SSSR count). The molecule has 0 heterocycles. The lowest BCUT2D eigenvalue weighted by molar-refractivity contribution is -0.151. The van der Waals surface area contributed by atoms with Gasteiger partial charge in [0.15, 0.2) is 0 Å². The lowest BCUT2D eigenvalue weighted by Crippen LogP contribution is -2.55. The highest BCUT2D eigenvalue weighted by molar-refractivity contribution is 5.80. The maximum absolute atomic E-state index is 11.9. The molecular weight excluding hydrogens is 230 g/mol. The molecule has 0 saturated carbocycles. The van der Waals surface area contributed by atoms with Crippen LogP contribution in [-0.2, 0) is 9.53 Å². The van der Waals surface area contributed by atoms with Gasteiger partial charge in [0.05, 0.1) is 6.61 Å². The number of nitrogens with zero attached hydrogens (tertiary/aromatic N) is 2. The fraction of sp³-hybridized carbons (Fsp3) is 0.923. The van der Waals surface area contributed by atoms with Crippen LogP contribution in [0, 0.1) is 0 Å². The second kappa shape index (κ2) is 8.45. The fourth-order valence-corrected chi connectivity index (χ4v) is 1.81. The zero-order valence-corrected chi connectivity index (χ0v) is 12.7. The second-order valence-electron chi connectivity index (χ2n) is 5.20. The molecule has 5 heteroatoms. The number of nitrogens with one attached hydrogen (secondary N) is 1. The van der Waals surface area contributed by atoms with Crippen LogP contribution in [0.1, 0.15) is 20.3 Å². The van der Waals surface area contributed by atoms with Gasteiger partial charge in [-0.1, -0.05) is 0 Å². The van der Waals surface area contributed by atoms with Crippen molar-refractivity contribution in [3.63, 3.8) is 0 Å². The van der Waals surface area contributed by atoms with E-state index in [9.17, 15) is 4.79 Å². The highest BCUT2D eigenvalue weighted by Gasteiger charge is 2.33. The third kappa shape index (κ3) is 6.33. The van der Waals surface area contributed by atoms with Crippen LogP contribution >= 0.6 is 0 Å². The van der Waals surface area contributed by atoms with Crippen molar-refractivity contribution in [1.29, 1.82) is 0 Å². The standard InChI is InChI=1S/C13H29N3O2/c1-7-18-12(17)13(2,14-3)11-16(6)10-8-9-15(4)5/h14H,7-11H2,1-6H3. The van der Waals surface area contributed by atoms with E-state index >= 15 is 0 Å². The number of likely N-dealkylation sites (N-methyl/N-ethyl adjacent to an activating group) is 2. The van der Waals surface area contributed by atoms with E-state index in [4.69, 9.17) is 4.74 Å². The predicted octanol–water partition coefficient (Wildman–Crippen LogP) is 0.411. The number of esters is 1. The van der Waals surface area contributed by atoms with Gasteiger partial charge in [-0.15, -0.1) is 0 Å². The van der Waals surface area contributed by atoms with Crippen molar-refractivity contribution in [2.45, 2.75) is 25.8 Å². The highest BCUT2D eigenvalue weighted by Crippen LogP contribution is 2.08. The Morgan fingerprint density at radius 2 is 1.89 bits per heavy atom. The van der Waals surface area contributed by atoms with Crippen LogP contribution in [-0.4, -0.2) is 75.7 Å². The number of hydrogen-bond donors (Lipinski definition) is 1.